The number of rotatable bonds is 5. The lowest BCUT2D eigenvalue weighted by atomic mass is 10.0. The molecule has 122 valence electrons. The molecule has 1 fully saturated rings. The molecule has 0 saturated carbocycles. The first-order chi connectivity index (χ1) is 10.3. The van der Waals surface area contributed by atoms with Gasteiger partial charge in [0.15, 0.2) is 0 Å². The maximum absolute atomic E-state index is 12.5. The zero-order chi connectivity index (χ0) is 16.3. The Balaban J connectivity index is 2.19. The molecule has 1 aromatic carbocycles. The molecule has 1 aliphatic rings. The molecule has 0 unspecified atom stereocenters. The van der Waals surface area contributed by atoms with Crippen LogP contribution in [-0.4, -0.2) is 38.4 Å². The molecule has 1 atom stereocenters. The predicted octanol–water partition coefficient (Wildman–Crippen LogP) is 2.37. The Labute approximate surface area is 140 Å². The maximum Gasteiger partial charge on any atom is 0.241 e. The SMILES string of the molecule is CC(C)[C@@H](NS(=O)(=O)c1ccc(Br)cc1)C(=O)N1CCCC1. The van der Waals surface area contributed by atoms with E-state index in [-0.39, 0.29) is 16.7 Å². The molecule has 7 heteroatoms. The van der Waals surface area contributed by atoms with E-state index in [2.05, 4.69) is 20.7 Å². The molecular weight excluding hydrogens is 368 g/mol. The summed E-state index contributed by atoms with van der Waals surface area (Å²) in [6, 6.07) is 5.64. The molecule has 1 amide bonds. The van der Waals surface area contributed by atoms with Gasteiger partial charge in [0.2, 0.25) is 15.9 Å². The van der Waals surface area contributed by atoms with E-state index >= 15 is 0 Å². The van der Waals surface area contributed by atoms with Crippen LogP contribution in [0.1, 0.15) is 26.7 Å². The van der Waals surface area contributed by atoms with Crippen molar-refractivity contribution in [2.75, 3.05) is 13.1 Å². The average Bonchev–Trinajstić information content (AvgIpc) is 2.98. The summed E-state index contributed by atoms with van der Waals surface area (Å²) >= 11 is 3.28. The number of likely N-dealkylation sites (tertiary alicyclic amines) is 1. The minimum absolute atomic E-state index is 0.113. The minimum Gasteiger partial charge on any atom is -0.341 e. The summed E-state index contributed by atoms with van der Waals surface area (Å²) < 4.78 is 28.3. The number of hydrogen-bond donors (Lipinski definition) is 1. The smallest absolute Gasteiger partial charge is 0.241 e. The lowest BCUT2D eigenvalue weighted by Gasteiger charge is -2.26. The Morgan fingerprint density at radius 2 is 1.73 bits per heavy atom. The summed E-state index contributed by atoms with van der Waals surface area (Å²) in [5, 5.41) is 0. The molecule has 0 bridgehead atoms. The van der Waals surface area contributed by atoms with E-state index in [4.69, 9.17) is 0 Å². The third-order valence-corrected chi connectivity index (χ3v) is 5.74. The number of carbonyl (C=O) groups excluding carboxylic acids is 1. The van der Waals surface area contributed by atoms with Gasteiger partial charge in [0.1, 0.15) is 6.04 Å². The average molecular weight is 389 g/mol. The summed E-state index contributed by atoms with van der Waals surface area (Å²) in [7, 11) is -3.71. The summed E-state index contributed by atoms with van der Waals surface area (Å²) in [5.41, 5.74) is 0. The lowest BCUT2D eigenvalue weighted by molar-refractivity contribution is -0.132. The topological polar surface area (TPSA) is 66.5 Å². The van der Waals surface area contributed by atoms with Crippen LogP contribution < -0.4 is 4.72 Å². The van der Waals surface area contributed by atoms with Crippen LogP contribution in [0.3, 0.4) is 0 Å². The fourth-order valence-electron chi connectivity index (χ4n) is 2.45. The fraction of sp³-hybridized carbons (Fsp3) is 0.533. The van der Waals surface area contributed by atoms with Gasteiger partial charge in [-0.25, -0.2) is 8.42 Å². The van der Waals surface area contributed by atoms with Crippen molar-refractivity contribution in [2.45, 2.75) is 37.6 Å². The highest BCUT2D eigenvalue weighted by Gasteiger charge is 2.32. The van der Waals surface area contributed by atoms with E-state index in [0.717, 1.165) is 17.3 Å². The number of hydrogen-bond acceptors (Lipinski definition) is 3. The van der Waals surface area contributed by atoms with Gasteiger partial charge < -0.3 is 4.90 Å². The van der Waals surface area contributed by atoms with Gasteiger partial charge in [0.05, 0.1) is 4.90 Å². The first-order valence-corrected chi connectivity index (χ1v) is 9.65. The van der Waals surface area contributed by atoms with Gasteiger partial charge >= 0.3 is 0 Å². The first kappa shape index (κ1) is 17.4. The number of nitrogens with one attached hydrogen (secondary N) is 1. The zero-order valence-corrected chi connectivity index (χ0v) is 15.2. The maximum atomic E-state index is 12.5. The van der Waals surface area contributed by atoms with Gasteiger partial charge in [-0.2, -0.15) is 4.72 Å². The molecule has 0 aromatic heterocycles. The third kappa shape index (κ3) is 4.08. The lowest BCUT2D eigenvalue weighted by Crippen LogP contribution is -2.50. The number of carbonyl (C=O) groups is 1. The summed E-state index contributed by atoms with van der Waals surface area (Å²) in [5.74, 6) is -0.244. The van der Waals surface area contributed by atoms with Gasteiger partial charge in [-0.15, -0.1) is 0 Å². The van der Waals surface area contributed by atoms with Crippen molar-refractivity contribution in [1.82, 2.24) is 9.62 Å². The predicted molar refractivity (Wildman–Crippen MR) is 88.9 cm³/mol. The van der Waals surface area contributed by atoms with Gasteiger partial charge in [0.25, 0.3) is 0 Å². The Morgan fingerprint density at radius 3 is 2.23 bits per heavy atom. The highest BCUT2D eigenvalue weighted by Crippen LogP contribution is 2.18. The van der Waals surface area contributed by atoms with Crippen LogP contribution in [-0.2, 0) is 14.8 Å². The van der Waals surface area contributed by atoms with Crippen LogP contribution in [0.15, 0.2) is 33.6 Å². The first-order valence-electron chi connectivity index (χ1n) is 7.38. The van der Waals surface area contributed by atoms with Gasteiger partial charge in [-0.3, -0.25) is 4.79 Å². The van der Waals surface area contributed by atoms with Crippen LogP contribution in [0, 0.1) is 5.92 Å². The van der Waals surface area contributed by atoms with Crippen LogP contribution in [0.5, 0.6) is 0 Å². The quantitative estimate of drug-likeness (QED) is 0.841. The molecule has 1 aliphatic heterocycles. The molecule has 1 aromatic rings. The van der Waals surface area contributed by atoms with Crippen LogP contribution in [0.4, 0.5) is 0 Å². The molecule has 1 N–H and O–H groups in total. The highest BCUT2D eigenvalue weighted by molar-refractivity contribution is 9.10. The van der Waals surface area contributed by atoms with E-state index < -0.39 is 16.1 Å². The van der Waals surface area contributed by atoms with Crippen molar-refractivity contribution >= 4 is 31.9 Å². The molecular formula is C15H21BrN2O3S. The number of sulfonamides is 1. The second kappa shape index (κ2) is 7.10. The van der Waals surface area contributed by atoms with E-state index in [1.807, 2.05) is 13.8 Å². The standard InChI is InChI=1S/C15H21BrN2O3S/c1-11(2)14(15(19)18-9-3-4-10-18)17-22(20,21)13-7-5-12(16)6-8-13/h5-8,11,14,17H,3-4,9-10H2,1-2H3/t14-/m1/s1. The van der Waals surface area contributed by atoms with Gasteiger partial charge in [-0.05, 0) is 43.0 Å². The normalized spacial score (nSPS) is 17.0. The van der Waals surface area contributed by atoms with Crippen molar-refractivity contribution in [3.05, 3.63) is 28.7 Å². The Bertz CT molecular complexity index is 623. The molecule has 0 radical (unpaired) electrons. The van der Waals surface area contributed by atoms with Crippen molar-refractivity contribution in [3.63, 3.8) is 0 Å². The second-order valence-electron chi connectivity index (χ2n) is 5.83. The van der Waals surface area contributed by atoms with Gasteiger partial charge in [0, 0.05) is 17.6 Å². The molecule has 5 nitrogen and oxygen atoms in total. The Hall–Kier alpha value is -0.920. The summed E-state index contributed by atoms with van der Waals surface area (Å²) in [6.07, 6.45) is 1.96. The van der Waals surface area contributed by atoms with E-state index in [0.29, 0.717) is 13.1 Å². The zero-order valence-electron chi connectivity index (χ0n) is 12.8. The minimum atomic E-state index is -3.71. The largest absolute Gasteiger partial charge is 0.341 e. The number of nitrogens with zero attached hydrogens (tertiary/aromatic N) is 1. The summed E-state index contributed by atoms with van der Waals surface area (Å²) in [6.45, 7) is 5.12. The molecule has 0 aliphatic carbocycles. The highest BCUT2D eigenvalue weighted by atomic mass is 79.9. The number of amides is 1. The molecule has 0 spiro atoms. The van der Waals surface area contributed by atoms with Crippen molar-refractivity contribution < 1.29 is 13.2 Å². The Kier molecular flexibility index (Phi) is 5.63. The van der Waals surface area contributed by atoms with Crippen LogP contribution >= 0.6 is 15.9 Å². The van der Waals surface area contributed by atoms with E-state index in [1.165, 1.54) is 12.1 Å². The Morgan fingerprint density at radius 1 is 1.18 bits per heavy atom. The fourth-order valence-corrected chi connectivity index (χ4v) is 4.06. The van der Waals surface area contributed by atoms with E-state index in [9.17, 15) is 13.2 Å². The van der Waals surface area contributed by atoms with Gasteiger partial charge in [-0.1, -0.05) is 29.8 Å². The molecule has 2 rings (SSSR count). The third-order valence-electron chi connectivity index (χ3n) is 3.76. The monoisotopic (exact) mass is 388 g/mol. The molecule has 1 heterocycles. The van der Waals surface area contributed by atoms with Crippen LogP contribution in [0.25, 0.3) is 0 Å². The second-order valence-corrected chi connectivity index (χ2v) is 8.46. The van der Waals surface area contributed by atoms with Crippen molar-refractivity contribution in [1.29, 1.82) is 0 Å². The van der Waals surface area contributed by atoms with Crippen molar-refractivity contribution in [2.24, 2.45) is 5.92 Å². The van der Waals surface area contributed by atoms with E-state index in [1.54, 1.807) is 17.0 Å². The number of benzene rings is 1. The number of halogens is 1. The summed E-state index contributed by atoms with van der Waals surface area (Å²) in [4.78, 5) is 14.4. The van der Waals surface area contributed by atoms with Crippen LogP contribution in [0.2, 0.25) is 0 Å². The molecule has 1 saturated heterocycles. The molecule has 22 heavy (non-hydrogen) atoms. The van der Waals surface area contributed by atoms with Crippen molar-refractivity contribution in [3.8, 4) is 0 Å².